The Labute approximate surface area is 78.2 Å². The van der Waals surface area contributed by atoms with Crippen molar-refractivity contribution in [1.29, 1.82) is 0 Å². The van der Waals surface area contributed by atoms with Gasteiger partial charge in [0.15, 0.2) is 0 Å². The van der Waals surface area contributed by atoms with Crippen LogP contribution in [0, 0.1) is 0 Å². The average molecular weight is 204 g/mol. The number of hydrogen-bond donors (Lipinski definition) is 0. The van der Waals surface area contributed by atoms with Crippen LogP contribution in [-0.4, -0.2) is 13.0 Å². The summed E-state index contributed by atoms with van der Waals surface area (Å²) in [5.74, 6) is -0.203. The molecule has 0 N–H and O–H groups in total. The van der Waals surface area contributed by atoms with Crippen LogP contribution in [0.2, 0.25) is 0 Å². The Morgan fingerprint density at radius 3 is 2.64 bits per heavy atom. The maximum atomic E-state index is 11.8. The Morgan fingerprint density at radius 1 is 1.36 bits per heavy atom. The van der Waals surface area contributed by atoms with E-state index in [1.807, 2.05) is 0 Å². The van der Waals surface area contributed by atoms with Crippen molar-refractivity contribution in [3.63, 3.8) is 0 Å². The highest BCUT2D eigenvalue weighted by Gasteiger charge is 2.32. The summed E-state index contributed by atoms with van der Waals surface area (Å²) >= 11 is 0. The van der Waals surface area contributed by atoms with E-state index in [0.29, 0.717) is 12.2 Å². The Balaban J connectivity index is 2.13. The number of rotatable bonds is 2. The third kappa shape index (κ3) is 2.38. The Kier molecular flexibility index (Phi) is 2.11. The molecule has 0 amide bonds. The van der Waals surface area contributed by atoms with Gasteiger partial charge in [0.05, 0.1) is 6.61 Å². The normalized spacial score (nSPS) is 20.6. The molecule has 1 fully saturated rings. The molecule has 1 saturated heterocycles. The molecule has 0 bridgehead atoms. The number of epoxide rings is 1. The van der Waals surface area contributed by atoms with Gasteiger partial charge >= 0.3 is 6.36 Å². The Morgan fingerprint density at radius 2 is 2.07 bits per heavy atom. The number of ether oxygens (including phenoxy) is 2. The lowest BCUT2D eigenvalue weighted by molar-refractivity contribution is -0.274. The number of hydrogen-bond acceptors (Lipinski definition) is 2. The number of benzene rings is 1. The third-order valence-corrected chi connectivity index (χ3v) is 1.80. The van der Waals surface area contributed by atoms with Crippen molar-refractivity contribution in [2.45, 2.75) is 12.5 Å². The van der Waals surface area contributed by atoms with E-state index in [0.717, 1.165) is 0 Å². The predicted octanol–water partition coefficient (Wildman–Crippen LogP) is 2.66. The predicted molar refractivity (Wildman–Crippen MR) is 41.8 cm³/mol. The molecule has 1 heterocycles. The van der Waals surface area contributed by atoms with Crippen molar-refractivity contribution >= 4 is 0 Å². The fourth-order valence-corrected chi connectivity index (χ4v) is 1.15. The van der Waals surface area contributed by atoms with Gasteiger partial charge in [-0.15, -0.1) is 13.2 Å². The van der Waals surface area contributed by atoms with Crippen LogP contribution in [0.25, 0.3) is 0 Å². The Bertz CT molecular complexity index is 331. The second-order valence-electron chi connectivity index (χ2n) is 2.94. The van der Waals surface area contributed by atoms with E-state index in [2.05, 4.69) is 4.74 Å². The molecule has 0 aromatic heterocycles. The molecular weight excluding hydrogens is 197 g/mol. The first-order valence-corrected chi connectivity index (χ1v) is 4.02. The van der Waals surface area contributed by atoms with Gasteiger partial charge in [0.25, 0.3) is 0 Å². The summed E-state index contributed by atoms with van der Waals surface area (Å²) in [7, 11) is 0. The molecule has 5 heteroatoms. The van der Waals surface area contributed by atoms with Gasteiger partial charge in [-0.25, -0.2) is 0 Å². The molecule has 1 aliphatic rings. The molecule has 1 aromatic rings. The molecular formula is C9H7F3O2. The fourth-order valence-electron chi connectivity index (χ4n) is 1.15. The van der Waals surface area contributed by atoms with Gasteiger partial charge in [-0.3, -0.25) is 0 Å². The summed E-state index contributed by atoms with van der Waals surface area (Å²) in [5.41, 5.74) is 0.715. The summed E-state index contributed by atoms with van der Waals surface area (Å²) in [6.45, 7) is 0.565. The van der Waals surface area contributed by atoms with Gasteiger partial charge in [-0.2, -0.15) is 0 Å². The molecule has 76 valence electrons. The van der Waals surface area contributed by atoms with Crippen molar-refractivity contribution in [2.24, 2.45) is 0 Å². The monoisotopic (exact) mass is 204 g/mol. The minimum absolute atomic E-state index is 0.0632. The van der Waals surface area contributed by atoms with Crippen molar-refractivity contribution in [3.05, 3.63) is 29.8 Å². The minimum Gasteiger partial charge on any atom is -0.406 e. The molecule has 0 unspecified atom stereocenters. The molecule has 1 aliphatic heterocycles. The largest absolute Gasteiger partial charge is 0.573 e. The highest BCUT2D eigenvalue weighted by atomic mass is 19.4. The van der Waals surface area contributed by atoms with Gasteiger partial charge in [-0.05, 0) is 17.7 Å². The smallest absolute Gasteiger partial charge is 0.406 e. The summed E-state index contributed by atoms with van der Waals surface area (Å²) < 4.78 is 44.2. The van der Waals surface area contributed by atoms with E-state index in [1.54, 1.807) is 6.07 Å². The van der Waals surface area contributed by atoms with E-state index in [1.165, 1.54) is 18.2 Å². The zero-order valence-electron chi connectivity index (χ0n) is 7.04. The van der Waals surface area contributed by atoms with Crippen LogP contribution in [0.15, 0.2) is 24.3 Å². The summed E-state index contributed by atoms with van der Waals surface area (Å²) in [6, 6.07) is 5.82. The Hall–Kier alpha value is -1.23. The van der Waals surface area contributed by atoms with Crippen molar-refractivity contribution < 1.29 is 22.6 Å². The van der Waals surface area contributed by atoms with Crippen LogP contribution in [0.1, 0.15) is 11.7 Å². The van der Waals surface area contributed by atoms with Gasteiger partial charge in [0.1, 0.15) is 11.9 Å². The van der Waals surface area contributed by atoms with Gasteiger partial charge in [0.2, 0.25) is 0 Å². The maximum absolute atomic E-state index is 11.8. The minimum atomic E-state index is -4.64. The highest BCUT2D eigenvalue weighted by molar-refractivity contribution is 5.31. The van der Waals surface area contributed by atoms with Crippen LogP contribution < -0.4 is 4.74 Å². The van der Waals surface area contributed by atoms with Gasteiger partial charge in [0, 0.05) is 0 Å². The first-order chi connectivity index (χ1) is 6.54. The van der Waals surface area contributed by atoms with Gasteiger partial charge < -0.3 is 9.47 Å². The standard InChI is InChI=1S/C9H7F3O2/c10-9(11,12)14-7-3-1-2-6(4-7)8-5-13-8/h1-4,8H,5H2/t8-/m1/s1. The van der Waals surface area contributed by atoms with Crippen molar-refractivity contribution in [2.75, 3.05) is 6.61 Å². The maximum Gasteiger partial charge on any atom is 0.573 e. The zero-order valence-corrected chi connectivity index (χ0v) is 7.04. The second kappa shape index (κ2) is 3.16. The lowest BCUT2D eigenvalue weighted by Crippen LogP contribution is -2.17. The van der Waals surface area contributed by atoms with Crippen LogP contribution >= 0.6 is 0 Å². The molecule has 0 saturated carbocycles. The molecule has 1 atom stereocenters. The molecule has 0 spiro atoms. The zero-order chi connectivity index (χ0) is 10.2. The fraction of sp³-hybridized carbons (Fsp3) is 0.333. The average Bonchev–Trinajstić information content (AvgIpc) is 2.83. The van der Waals surface area contributed by atoms with Crippen LogP contribution in [0.5, 0.6) is 5.75 Å². The topological polar surface area (TPSA) is 21.8 Å². The van der Waals surface area contributed by atoms with Crippen LogP contribution in [0.3, 0.4) is 0 Å². The third-order valence-electron chi connectivity index (χ3n) is 1.80. The molecule has 2 rings (SSSR count). The van der Waals surface area contributed by atoms with E-state index < -0.39 is 6.36 Å². The van der Waals surface area contributed by atoms with Gasteiger partial charge in [-0.1, -0.05) is 12.1 Å². The molecule has 0 radical (unpaired) electrons. The first kappa shape index (κ1) is 9.33. The van der Waals surface area contributed by atoms with Crippen LogP contribution in [0.4, 0.5) is 13.2 Å². The lowest BCUT2D eigenvalue weighted by Gasteiger charge is -2.09. The van der Waals surface area contributed by atoms with E-state index in [9.17, 15) is 13.2 Å². The molecule has 1 aromatic carbocycles. The molecule has 14 heavy (non-hydrogen) atoms. The number of halogens is 3. The van der Waals surface area contributed by atoms with Crippen LogP contribution in [-0.2, 0) is 4.74 Å². The SMILES string of the molecule is FC(F)(F)Oc1cccc([C@H]2CO2)c1. The van der Waals surface area contributed by atoms with Crippen molar-refractivity contribution in [1.82, 2.24) is 0 Å². The summed E-state index contributed by atoms with van der Waals surface area (Å²) in [5, 5.41) is 0. The summed E-state index contributed by atoms with van der Waals surface area (Å²) in [6.07, 6.45) is -4.70. The second-order valence-corrected chi connectivity index (χ2v) is 2.94. The summed E-state index contributed by atoms with van der Waals surface area (Å²) in [4.78, 5) is 0. The lowest BCUT2D eigenvalue weighted by atomic mass is 10.1. The van der Waals surface area contributed by atoms with E-state index in [-0.39, 0.29) is 11.9 Å². The van der Waals surface area contributed by atoms with E-state index >= 15 is 0 Å². The van der Waals surface area contributed by atoms with Crippen molar-refractivity contribution in [3.8, 4) is 5.75 Å². The first-order valence-electron chi connectivity index (χ1n) is 4.02. The van der Waals surface area contributed by atoms with E-state index in [4.69, 9.17) is 4.74 Å². The quantitative estimate of drug-likeness (QED) is 0.691. The highest BCUT2D eigenvalue weighted by Crippen LogP contribution is 2.32. The number of alkyl halides is 3. The molecule has 2 nitrogen and oxygen atoms in total. The molecule has 0 aliphatic carbocycles.